The topological polar surface area (TPSA) is 41.1 Å². The molecule has 0 fully saturated rings. The zero-order chi connectivity index (χ0) is 26.7. The normalized spacial score (nSPS) is 18.5. The standard InChI is InChI=1S/C36H30N2O/c39-27-36-34-25-30(37-28-17-13-9-5-2-1-3-6-10-14-18-28)21-23-32(34)33-24-22-31(26-35(33)36)38-29-19-15-11-7-4-8-12-16-20-29/h1-27,36-38H/b2-1-,3-1?,5-2?,6-3-,7-4?,8-4?,9-5-,10-6?,11-7?,12-8?,13-9?,14-10-,15-11?,16-12?,17-13?,18-14?,19-15?,20-16?,28-17?,28-18?,29-19?,29-20?. The number of aldehydes is 1. The van der Waals surface area contributed by atoms with Crippen molar-refractivity contribution >= 4 is 23.3 Å². The van der Waals surface area contributed by atoms with Gasteiger partial charge in [-0.05, 0) is 70.8 Å². The van der Waals surface area contributed by atoms with Crippen LogP contribution >= 0.6 is 0 Å². The second kappa shape index (κ2) is 12.9. The molecule has 39 heavy (non-hydrogen) atoms. The third-order valence-electron chi connectivity index (χ3n) is 6.44. The van der Waals surface area contributed by atoms with Gasteiger partial charge < -0.3 is 15.4 Å². The fourth-order valence-electron chi connectivity index (χ4n) is 4.62. The average molecular weight is 507 g/mol. The first-order chi connectivity index (χ1) is 19.3. The molecule has 3 heteroatoms. The van der Waals surface area contributed by atoms with Crippen molar-refractivity contribution in [3.63, 3.8) is 0 Å². The van der Waals surface area contributed by atoms with Crippen LogP contribution in [0.15, 0.2) is 164 Å². The molecule has 2 aliphatic rings. The van der Waals surface area contributed by atoms with Crippen molar-refractivity contribution in [3.05, 3.63) is 175 Å². The smallest absolute Gasteiger partial charge is 0.131 e. The van der Waals surface area contributed by atoms with Gasteiger partial charge in [0, 0.05) is 22.8 Å². The molecule has 0 saturated heterocycles. The summed E-state index contributed by atoms with van der Waals surface area (Å²) in [7, 11) is 0. The van der Waals surface area contributed by atoms with Crippen LogP contribution in [0.25, 0.3) is 11.1 Å². The Morgan fingerprint density at radius 2 is 1.03 bits per heavy atom. The van der Waals surface area contributed by atoms with Gasteiger partial charge in [0.25, 0.3) is 0 Å². The van der Waals surface area contributed by atoms with Crippen molar-refractivity contribution < 1.29 is 4.79 Å². The number of hydrogen-bond acceptors (Lipinski definition) is 3. The van der Waals surface area contributed by atoms with Gasteiger partial charge in [-0.15, -0.1) is 0 Å². The van der Waals surface area contributed by atoms with Crippen LogP contribution in [0, 0.1) is 0 Å². The van der Waals surface area contributed by atoms with E-state index in [0.717, 1.165) is 51.3 Å². The Morgan fingerprint density at radius 3 is 1.62 bits per heavy atom. The second-order valence-corrected chi connectivity index (χ2v) is 9.12. The summed E-state index contributed by atoms with van der Waals surface area (Å²) >= 11 is 0. The molecule has 0 radical (unpaired) electrons. The van der Waals surface area contributed by atoms with Crippen LogP contribution in [0.4, 0.5) is 17.1 Å². The molecule has 0 spiro atoms. The average Bonchev–Trinajstić information content (AvgIpc) is 3.25. The van der Waals surface area contributed by atoms with E-state index >= 15 is 0 Å². The molecular formula is C36H30N2O. The number of allylic oxidation sites excluding steroid dienone is 11. The van der Waals surface area contributed by atoms with Gasteiger partial charge >= 0.3 is 0 Å². The zero-order valence-electron chi connectivity index (χ0n) is 21.6. The Labute approximate surface area is 230 Å². The number of hydrogen-bond donors (Lipinski definition) is 2. The lowest BCUT2D eigenvalue weighted by molar-refractivity contribution is -0.108. The summed E-state index contributed by atoms with van der Waals surface area (Å²) in [6.45, 7) is 0. The minimum Gasteiger partial charge on any atom is -0.356 e. The van der Waals surface area contributed by atoms with Gasteiger partial charge in [-0.1, -0.05) is 109 Å². The summed E-state index contributed by atoms with van der Waals surface area (Å²) in [5.41, 5.74) is 8.02. The summed E-state index contributed by atoms with van der Waals surface area (Å²) in [4.78, 5) is 12.4. The molecule has 2 aliphatic carbocycles. The Hall–Kier alpha value is -5.15. The molecule has 3 nitrogen and oxygen atoms in total. The zero-order valence-corrected chi connectivity index (χ0v) is 21.6. The molecule has 0 heterocycles. The van der Waals surface area contributed by atoms with E-state index < -0.39 is 0 Å². The summed E-state index contributed by atoms with van der Waals surface area (Å²) < 4.78 is 0. The van der Waals surface area contributed by atoms with Crippen LogP contribution in [-0.4, -0.2) is 6.29 Å². The summed E-state index contributed by atoms with van der Waals surface area (Å²) in [5.74, 6) is -0.319. The molecule has 3 aromatic carbocycles. The molecule has 0 aromatic heterocycles. The van der Waals surface area contributed by atoms with E-state index in [1.165, 1.54) is 0 Å². The maximum Gasteiger partial charge on any atom is 0.131 e. The van der Waals surface area contributed by atoms with Crippen molar-refractivity contribution in [2.75, 3.05) is 10.6 Å². The molecule has 5 rings (SSSR count). The maximum atomic E-state index is 12.4. The van der Waals surface area contributed by atoms with Gasteiger partial charge in [0.15, 0.2) is 0 Å². The van der Waals surface area contributed by atoms with Crippen LogP contribution in [0.3, 0.4) is 0 Å². The van der Waals surface area contributed by atoms with E-state index in [4.69, 9.17) is 0 Å². The highest BCUT2D eigenvalue weighted by molar-refractivity contribution is 5.90. The monoisotopic (exact) mass is 506 g/mol. The Balaban J connectivity index is 1.41. The molecule has 0 saturated carbocycles. The lowest BCUT2D eigenvalue weighted by atomic mass is 9.98. The lowest BCUT2D eigenvalue weighted by Crippen LogP contribution is -2.01. The first kappa shape index (κ1) is 25.5. The van der Waals surface area contributed by atoms with Gasteiger partial charge in [0.2, 0.25) is 0 Å². The number of carbonyl (C=O) groups excluding carboxylic acids is 1. The minimum absolute atomic E-state index is 0.319. The van der Waals surface area contributed by atoms with Gasteiger partial charge in [-0.3, -0.25) is 0 Å². The Bertz CT molecular complexity index is 1560. The van der Waals surface area contributed by atoms with Crippen LogP contribution < -0.4 is 10.6 Å². The molecule has 3 aromatic rings. The number of carbonyl (C=O) groups is 1. The molecule has 1 unspecified atom stereocenters. The molecule has 0 aliphatic heterocycles. The third kappa shape index (κ3) is 6.60. The third-order valence-corrected chi connectivity index (χ3v) is 6.44. The van der Waals surface area contributed by atoms with Gasteiger partial charge in [-0.2, -0.15) is 0 Å². The summed E-state index contributed by atoms with van der Waals surface area (Å²) in [6, 6.07) is 30.5. The predicted octanol–water partition coefficient (Wildman–Crippen LogP) is 8.96. The summed E-state index contributed by atoms with van der Waals surface area (Å²) in [5, 5.41) is 7.00. The lowest BCUT2D eigenvalue weighted by Gasteiger charge is -2.11. The van der Waals surface area contributed by atoms with E-state index in [9.17, 15) is 4.79 Å². The van der Waals surface area contributed by atoms with Crippen LogP contribution in [0.5, 0.6) is 0 Å². The molecule has 0 amide bonds. The number of rotatable bonds is 5. The first-order valence-corrected chi connectivity index (χ1v) is 13.0. The Kier molecular flexibility index (Phi) is 8.43. The minimum atomic E-state index is -0.319. The molecule has 1 atom stereocenters. The molecule has 0 bridgehead atoms. The van der Waals surface area contributed by atoms with Crippen molar-refractivity contribution in [1.82, 2.24) is 0 Å². The fraction of sp³-hybridized carbons (Fsp3) is 0.0278. The van der Waals surface area contributed by atoms with Crippen molar-refractivity contribution in [2.24, 2.45) is 0 Å². The van der Waals surface area contributed by atoms with E-state index in [2.05, 4.69) is 47.0 Å². The maximum absolute atomic E-state index is 12.4. The highest BCUT2D eigenvalue weighted by Crippen LogP contribution is 2.46. The fourth-order valence-corrected chi connectivity index (χ4v) is 4.62. The quantitative estimate of drug-likeness (QED) is 0.339. The van der Waals surface area contributed by atoms with E-state index in [-0.39, 0.29) is 5.92 Å². The number of fused-ring (bicyclic) bond motifs is 3. The molecular weight excluding hydrogens is 476 g/mol. The van der Waals surface area contributed by atoms with Crippen LogP contribution in [0.1, 0.15) is 17.0 Å². The highest BCUT2D eigenvalue weighted by atomic mass is 16.1. The van der Waals surface area contributed by atoms with Gasteiger partial charge in [0.1, 0.15) is 6.29 Å². The van der Waals surface area contributed by atoms with Crippen molar-refractivity contribution in [2.45, 2.75) is 5.92 Å². The van der Waals surface area contributed by atoms with Crippen LogP contribution in [0.2, 0.25) is 0 Å². The van der Waals surface area contributed by atoms with Crippen molar-refractivity contribution in [1.29, 1.82) is 0 Å². The van der Waals surface area contributed by atoms with Gasteiger partial charge in [-0.25, -0.2) is 0 Å². The van der Waals surface area contributed by atoms with E-state index in [1.54, 1.807) is 0 Å². The number of anilines is 3. The van der Waals surface area contributed by atoms with Gasteiger partial charge in [0.05, 0.1) is 5.92 Å². The van der Waals surface area contributed by atoms with E-state index in [0.29, 0.717) is 0 Å². The number of nitrogens with one attached hydrogen (secondary N) is 2. The molecule has 190 valence electrons. The van der Waals surface area contributed by atoms with Crippen LogP contribution in [-0.2, 0) is 4.79 Å². The van der Waals surface area contributed by atoms with E-state index in [1.807, 2.05) is 121 Å². The SMILES string of the molecule is O=CC1c2cc(NC3=C\C=C/C=C\C=C/C=C\C=C3)ccc2-c2ccc(Nc3ccccccccc3)cc21. The number of benzene rings is 2. The van der Waals surface area contributed by atoms with Crippen molar-refractivity contribution in [3.8, 4) is 11.1 Å². The largest absolute Gasteiger partial charge is 0.356 e. The first-order valence-electron chi connectivity index (χ1n) is 13.0. The predicted molar refractivity (Wildman–Crippen MR) is 165 cm³/mol. The molecule has 2 N–H and O–H groups in total. The highest BCUT2D eigenvalue weighted by Gasteiger charge is 2.29. The summed E-state index contributed by atoms with van der Waals surface area (Å²) in [6.07, 6.45) is 23.1. The second-order valence-electron chi connectivity index (χ2n) is 9.12. The Morgan fingerprint density at radius 1 is 0.513 bits per heavy atom.